The Kier molecular flexibility index (Phi) is 12.2. The van der Waals surface area contributed by atoms with E-state index in [1.165, 1.54) is 44.9 Å². The van der Waals surface area contributed by atoms with Crippen molar-refractivity contribution in [2.45, 2.75) is 110 Å². The van der Waals surface area contributed by atoms with Gasteiger partial charge in [0.05, 0.1) is 18.9 Å². The van der Waals surface area contributed by atoms with Crippen LogP contribution in [0.1, 0.15) is 115 Å². The summed E-state index contributed by atoms with van der Waals surface area (Å²) in [4.78, 5) is 4.75. The number of nitrogens with zero attached hydrogens (tertiary/aromatic N) is 1. The number of halogens is 1. The first-order chi connectivity index (χ1) is 17.2. The Morgan fingerprint density at radius 2 is 1.60 bits per heavy atom. The molecular weight excluding hydrogens is 437 g/mol. The third-order valence-corrected chi connectivity index (χ3v) is 7.32. The SMILES string of the molecule is CCCCCCCC[C@H]1CO[C@H](c2ccc(-c3ccccc3C(CCCC)C(F)CC)nc2)OC1. The molecule has 1 fully saturated rings. The smallest absolute Gasteiger partial charge is 0.185 e. The minimum absolute atomic E-state index is 0.0915. The standard InChI is InChI=1S/C31H46FNO2/c1-4-7-9-10-11-12-15-24-22-34-31(35-23-24)25-19-20-30(33-21-25)28-18-14-13-17-26(28)27(16-8-5-2)29(32)6-3/h13-14,17-21,24,27,29,31H,4-12,15-16,22-23H2,1-3H3/t24-,27?,29?,31-. The van der Waals surface area contributed by atoms with Crippen molar-refractivity contribution in [3.63, 3.8) is 0 Å². The topological polar surface area (TPSA) is 31.4 Å². The molecule has 1 saturated heterocycles. The lowest BCUT2D eigenvalue weighted by Crippen LogP contribution is -2.27. The molecule has 194 valence electrons. The number of rotatable bonds is 15. The van der Waals surface area contributed by atoms with Gasteiger partial charge in [-0.05, 0) is 30.9 Å². The maximum absolute atomic E-state index is 14.9. The molecule has 1 aliphatic heterocycles. The van der Waals surface area contributed by atoms with Crippen molar-refractivity contribution >= 4 is 0 Å². The first-order valence-electron chi connectivity index (χ1n) is 14.1. The van der Waals surface area contributed by atoms with Crippen molar-refractivity contribution < 1.29 is 13.9 Å². The molecule has 4 heteroatoms. The molecule has 0 spiro atoms. The fourth-order valence-corrected chi connectivity index (χ4v) is 5.11. The van der Waals surface area contributed by atoms with Gasteiger partial charge in [-0.15, -0.1) is 0 Å². The monoisotopic (exact) mass is 483 g/mol. The van der Waals surface area contributed by atoms with Gasteiger partial charge in [-0.1, -0.05) is 102 Å². The molecule has 2 aromatic rings. The second-order valence-corrected chi connectivity index (χ2v) is 10.2. The molecule has 0 aliphatic carbocycles. The molecule has 1 aliphatic rings. The zero-order chi connectivity index (χ0) is 24.9. The lowest BCUT2D eigenvalue weighted by Gasteiger charge is -2.29. The highest BCUT2D eigenvalue weighted by molar-refractivity contribution is 5.64. The molecule has 0 bridgehead atoms. The summed E-state index contributed by atoms with van der Waals surface area (Å²) in [5.41, 5.74) is 3.92. The molecule has 3 rings (SSSR count). The Balaban J connectivity index is 1.58. The van der Waals surface area contributed by atoms with Gasteiger partial charge in [0.15, 0.2) is 6.29 Å². The van der Waals surface area contributed by atoms with E-state index in [1.807, 2.05) is 37.4 Å². The van der Waals surface area contributed by atoms with Crippen molar-refractivity contribution in [2.75, 3.05) is 13.2 Å². The second kappa shape index (κ2) is 15.4. The number of hydrogen-bond acceptors (Lipinski definition) is 3. The third-order valence-electron chi connectivity index (χ3n) is 7.32. The Morgan fingerprint density at radius 3 is 2.29 bits per heavy atom. The Labute approximate surface area is 212 Å². The van der Waals surface area contributed by atoms with Gasteiger partial charge in [0.25, 0.3) is 0 Å². The van der Waals surface area contributed by atoms with Crippen LogP contribution in [0, 0.1) is 5.92 Å². The van der Waals surface area contributed by atoms with Crippen molar-refractivity contribution in [3.8, 4) is 11.3 Å². The van der Waals surface area contributed by atoms with Gasteiger partial charge in [-0.25, -0.2) is 4.39 Å². The summed E-state index contributed by atoms with van der Waals surface area (Å²) < 4.78 is 27.1. The Hall–Kier alpha value is -1.78. The number of benzene rings is 1. The van der Waals surface area contributed by atoms with Crippen molar-refractivity contribution in [2.24, 2.45) is 5.92 Å². The van der Waals surface area contributed by atoms with Gasteiger partial charge >= 0.3 is 0 Å². The summed E-state index contributed by atoms with van der Waals surface area (Å²) in [6.07, 6.45) is 13.3. The summed E-state index contributed by atoms with van der Waals surface area (Å²) in [5, 5.41) is 0. The van der Waals surface area contributed by atoms with Crippen LogP contribution in [0.4, 0.5) is 4.39 Å². The summed E-state index contributed by atoms with van der Waals surface area (Å²) in [7, 11) is 0. The molecule has 0 saturated carbocycles. The number of aromatic nitrogens is 1. The lowest BCUT2D eigenvalue weighted by atomic mass is 9.84. The Bertz CT molecular complexity index is 832. The molecule has 0 amide bonds. The van der Waals surface area contributed by atoms with Crippen LogP contribution in [0.5, 0.6) is 0 Å². The summed E-state index contributed by atoms with van der Waals surface area (Å²) in [6.45, 7) is 7.85. The fourth-order valence-electron chi connectivity index (χ4n) is 5.11. The molecule has 1 aromatic heterocycles. The van der Waals surface area contributed by atoms with E-state index in [9.17, 15) is 4.39 Å². The van der Waals surface area contributed by atoms with Crippen LogP contribution in [0.2, 0.25) is 0 Å². The zero-order valence-corrected chi connectivity index (χ0v) is 22.2. The number of alkyl halides is 1. The largest absolute Gasteiger partial charge is 0.348 e. The van der Waals surface area contributed by atoms with Gasteiger partial charge in [0.1, 0.15) is 6.17 Å². The molecule has 0 N–H and O–H groups in total. The summed E-state index contributed by atoms with van der Waals surface area (Å²) in [6, 6.07) is 12.2. The molecule has 2 unspecified atom stereocenters. The van der Waals surface area contributed by atoms with E-state index >= 15 is 0 Å². The predicted molar refractivity (Wildman–Crippen MR) is 143 cm³/mol. The van der Waals surface area contributed by atoms with Gasteiger partial charge in [0.2, 0.25) is 0 Å². The van der Waals surface area contributed by atoms with Crippen molar-refractivity contribution in [1.29, 1.82) is 0 Å². The second-order valence-electron chi connectivity index (χ2n) is 10.2. The van der Waals surface area contributed by atoms with Crippen molar-refractivity contribution in [3.05, 3.63) is 53.7 Å². The molecule has 0 radical (unpaired) electrons. The van der Waals surface area contributed by atoms with E-state index in [0.717, 1.165) is 54.9 Å². The van der Waals surface area contributed by atoms with Gasteiger partial charge < -0.3 is 9.47 Å². The molecule has 1 aromatic carbocycles. The molecule has 2 heterocycles. The van der Waals surface area contributed by atoms with Gasteiger partial charge in [0, 0.05) is 29.2 Å². The average Bonchev–Trinajstić information content (AvgIpc) is 2.91. The molecule has 3 nitrogen and oxygen atoms in total. The maximum atomic E-state index is 14.9. The normalized spacial score (nSPS) is 20.0. The van der Waals surface area contributed by atoms with E-state index in [4.69, 9.17) is 14.5 Å². The van der Waals surface area contributed by atoms with E-state index in [1.54, 1.807) is 0 Å². The number of unbranched alkanes of at least 4 members (excludes halogenated alkanes) is 6. The minimum atomic E-state index is -0.838. The molecule has 2 atom stereocenters. The first kappa shape index (κ1) is 27.8. The van der Waals surface area contributed by atoms with E-state index in [0.29, 0.717) is 12.3 Å². The number of hydrogen-bond donors (Lipinski definition) is 0. The highest BCUT2D eigenvalue weighted by Gasteiger charge is 2.26. The number of ether oxygens (including phenoxy) is 2. The van der Waals surface area contributed by atoms with Crippen LogP contribution in [-0.4, -0.2) is 24.4 Å². The van der Waals surface area contributed by atoms with Crippen LogP contribution >= 0.6 is 0 Å². The van der Waals surface area contributed by atoms with Crippen LogP contribution in [0.15, 0.2) is 42.6 Å². The fraction of sp³-hybridized carbons (Fsp3) is 0.645. The lowest BCUT2D eigenvalue weighted by molar-refractivity contribution is -0.206. The predicted octanol–water partition coefficient (Wildman–Crippen LogP) is 9.18. The van der Waals surface area contributed by atoms with Crippen LogP contribution < -0.4 is 0 Å². The first-order valence-corrected chi connectivity index (χ1v) is 14.1. The third kappa shape index (κ3) is 8.39. The molecular formula is C31H46FNO2. The maximum Gasteiger partial charge on any atom is 0.185 e. The van der Waals surface area contributed by atoms with Crippen LogP contribution in [0.3, 0.4) is 0 Å². The minimum Gasteiger partial charge on any atom is -0.348 e. The highest BCUT2D eigenvalue weighted by Crippen LogP contribution is 2.36. The summed E-state index contributed by atoms with van der Waals surface area (Å²) >= 11 is 0. The van der Waals surface area contributed by atoms with Gasteiger partial charge in [-0.2, -0.15) is 0 Å². The van der Waals surface area contributed by atoms with Crippen LogP contribution in [-0.2, 0) is 9.47 Å². The van der Waals surface area contributed by atoms with E-state index in [-0.39, 0.29) is 12.2 Å². The highest BCUT2D eigenvalue weighted by atomic mass is 19.1. The quantitative estimate of drug-likeness (QED) is 0.237. The number of pyridine rings is 1. The average molecular weight is 484 g/mol. The summed E-state index contributed by atoms with van der Waals surface area (Å²) in [5.74, 6) is 0.398. The molecule has 35 heavy (non-hydrogen) atoms. The Morgan fingerprint density at radius 1 is 0.886 bits per heavy atom. The van der Waals surface area contributed by atoms with Gasteiger partial charge in [-0.3, -0.25) is 4.98 Å². The van der Waals surface area contributed by atoms with Crippen molar-refractivity contribution in [1.82, 2.24) is 4.98 Å². The van der Waals surface area contributed by atoms with E-state index in [2.05, 4.69) is 26.0 Å². The van der Waals surface area contributed by atoms with Crippen LogP contribution in [0.25, 0.3) is 11.3 Å². The van der Waals surface area contributed by atoms with E-state index < -0.39 is 6.17 Å². The zero-order valence-electron chi connectivity index (χ0n) is 22.2.